The molecule has 2 heterocycles. The molecule has 0 saturated carbocycles. The van der Waals surface area contributed by atoms with Gasteiger partial charge in [-0.05, 0) is 55.6 Å². The molecule has 2 aromatic rings. The number of hydrogen-bond acceptors (Lipinski definition) is 5. The Labute approximate surface area is 184 Å². The second-order valence-corrected chi connectivity index (χ2v) is 9.40. The molecule has 1 saturated heterocycles. The zero-order chi connectivity index (χ0) is 19.5. The number of pyridine rings is 1. The first kappa shape index (κ1) is 25.4. The lowest BCUT2D eigenvalue weighted by molar-refractivity contribution is -0.125. The van der Waals surface area contributed by atoms with Crippen molar-refractivity contribution >= 4 is 40.6 Å². The topological polar surface area (TPSA) is 88.2 Å². The quantitative estimate of drug-likeness (QED) is 0.717. The molecule has 0 radical (unpaired) electrons. The van der Waals surface area contributed by atoms with Gasteiger partial charge in [-0.3, -0.25) is 9.78 Å². The van der Waals surface area contributed by atoms with Gasteiger partial charge in [0.05, 0.1) is 6.04 Å². The molecule has 1 aromatic heterocycles. The van der Waals surface area contributed by atoms with Crippen LogP contribution in [0, 0.1) is 0 Å². The molecule has 6 nitrogen and oxygen atoms in total. The third-order valence-corrected chi connectivity index (χ3v) is 7.30. The number of amides is 1. The van der Waals surface area contributed by atoms with Crippen LogP contribution in [0.4, 0.5) is 0 Å². The number of carbonyl (C=O) groups excluding carboxylic acids is 1. The first-order chi connectivity index (χ1) is 12.8. The molecule has 0 aliphatic carbocycles. The first-order valence-corrected chi connectivity index (χ1v) is 10.9. The van der Waals surface area contributed by atoms with E-state index in [1.807, 2.05) is 43.3 Å². The van der Waals surface area contributed by atoms with Crippen molar-refractivity contribution in [3.05, 3.63) is 54.4 Å². The Balaban J connectivity index is 0.00000210. The molecule has 2 N–H and O–H groups in total. The van der Waals surface area contributed by atoms with E-state index in [9.17, 15) is 13.2 Å². The van der Waals surface area contributed by atoms with Gasteiger partial charge in [0.15, 0.2) is 14.6 Å². The molecule has 1 aliphatic heterocycles. The van der Waals surface area contributed by atoms with E-state index >= 15 is 0 Å². The minimum Gasteiger partial charge on any atom is -0.348 e. The van der Waals surface area contributed by atoms with E-state index in [0.29, 0.717) is 25.9 Å². The Morgan fingerprint density at radius 1 is 1.10 bits per heavy atom. The van der Waals surface area contributed by atoms with Crippen LogP contribution in [0.2, 0.25) is 0 Å². The molecular weight excluding hydrogens is 433 g/mol. The molecule has 1 amide bonds. The maximum atomic E-state index is 12.9. The second kappa shape index (κ2) is 10.4. The van der Waals surface area contributed by atoms with Gasteiger partial charge in [0.25, 0.3) is 0 Å². The van der Waals surface area contributed by atoms with Gasteiger partial charge in [0, 0.05) is 18.6 Å². The third kappa shape index (κ3) is 5.48. The third-order valence-electron chi connectivity index (χ3n) is 5.29. The van der Waals surface area contributed by atoms with Gasteiger partial charge in [-0.1, -0.05) is 30.3 Å². The highest BCUT2D eigenvalue weighted by Gasteiger charge is 2.48. The van der Waals surface area contributed by atoms with Crippen LogP contribution in [-0.2, 0) is 14.6 Å². The SMILES string of the molecule is CC(NC(=O)C1(S(C)(=O)=O)CCNCC1)c1ccc(-c2cccnc2)cc1.Cl.Cl. The highest BCUT2D eigenvalue weighted by atomic mass is 35.5. The molecule has 1 unspecified atom stereocenters. The molecule has 160 valence electrons. The monoisotopic (exact) mass is 459 g/mol. The van der Waals surface area contributed by atoms with Gasteiger partial charge >= 0.3 is 0 Å². The predicted octanol–water partition coefficient (Wildman–Crippen LogP) is 2.94. The number of sulfone groups is 1. The van der Waals surface area contributed by atoms with Crippen LogP contribution < -0.4 is 10.6 Å². The number of nitrogens with zero attached hydrogens (tertiary/aromatic N) is 1. The molecule has 1 atom stereocenters. The summed E-state index contributed by atoms with van der Waals surface area (Å²) in [6, 6.07) is 11.4. The van der Waals surface area contributed by atoms with Gasteiger partial charge in [-0.25, -0.2) is 8.42 Å². The van der Waals surface area contributed by atoms with E-state index in [2.05, 4.69) is 15.6 Å². The Morgan fingerprint density at radius 2 is 1.72 bits per heavy atom. The fourth-order valence-corrected chi connectivity index (χ4v) is 4.85. The summed E-state index contributed by atoms with van der Waals surface area (Å²) in [5, 5.41) is 6.04. The Bertz CT molecular complexity index is 900. The molecule has 9 heteroatoms. The Hall–Kier alpha value is -1.67. The maximum Gasteiger partial charge on any atom is 0.242 e. The number of aromatic nitrogens is 1. The number of benzene rings is 1. The lowest BCUT2D eigenvalue weighted by Gasteiger charge is -2.35. The van der Waals surface area contributed by atoms with Crippen LogP contribution in [-0.4, -0.2) is 43.4 Å². The van der Waals surface area contributed by atoms with Gasteiger partial charge in [-0.15, -0.1) is 24.8 Å². The molecule has 0 spiro atoms. The number of nitrogens with one attached hydrogen (secondary N) is 2. The smallest absolute Gasteiger partial charge is 0.242 e. The van der Waals surface area contributed by atoms with Crippen molar-refractivity contribution in [2.24, 2.45) is 0 Å². The summed E-state index contributed by atoms with van der Waals surface area (Å²) >= 11 is 0. The number of halogens is 2. The maximum absolute atomic E-state index is 12.9. The summed E-state index contributed by atoms with van der Waals surface area (Å²) in [4.78, 5) is 17.0. The second-order valence-electron chi connectivity index (χ2n) is 7.08. The van der Waals surface area contributed by atoms with Gasteiger partial charge in [-0.2, -0.15) is 0 Å². The van der Waals surface area contributed by atoms with Crippen molar-refractivity contribution in [1.82, 2.24) is 15.6 Å². The summed E-state index contributed by atoms with van der Waals surface area (Å²) < 4.78 is 23.4. The highest BCUT2D eigenvalue weighted by Crippen LogP contribution is 2.29. The zero-order valence-electron chi connectivity index (χ0n) is 16.4. The van der Waals surface area contributed by atoms with Crippen molar-refractivity contribution in [3.8, 4) is 11.1 Å². The van der Waals surface area contributed by atoms with Gasteiger partial charge in [0.1, 0.15) is 0 Å². The molecule has 1 fully saturated rings. The van der Waals surface area contributed by atoms with E-state index in [0.717, 1.165) is 22.9 Å². The summed E-state index contributed by atoms with van der Waals surface area (Å²) in [6.45, 7) is 2.91. The Kier molecular flexibility index (Phi) is 9.09. The van der Waals surface area contributed by atoms with Crippen LogP contribution in [0.5, 0.6) is 0 Å². The molecule has 0 bridgehead atoms. The lowest BCUT2D eigenvalue weighted by Crippen LogP contribution is -2.57. The van der Waals surface area contributed by atoms with E-state index in [1.165, 1.54) is 0 Å². The van der Waals surface area contributed by atoms with Gasteiger partial charge < -0.3 is 10.6 Å². The minimum absolute atomic E-state index is 0. The summed E-state index contributed by atoms with van der Waals surface area (Å²) in [6.07, 6.45) is 5.28. The fraction of sp³-hybridized carbons (Fsp3) is 0.400. The summed E-state index contributed by atoms with van der Waals surface area (Å²) in [5.74, 6) is -0.407. The normalized spacial score (nSPS) is 16.6. The molecule has 1 aliphatic rings. The first-order valence-electron chi connectivity index (χ1n) is 9.05. The summed E-state index contributed by atoms with van der Waals surface area (Å²) in [5.41, 5.74) is 2.98. The molecule has 29 heavy (non-hydrogen) atoms. The zero-order valence-corrected chi connectivity index (χ0v) is 18.9. The van der Waals surface area contributed by atoms with E-state index in [-0.39, 0.29) is 30.9 Å². The van der Waals surface area contributed by atoms with Crippen LogP contribution >= 0.6 is 24.8 Å². The highest BCUT2D eigenvalue weighted by molar-refractivity contribution is 7.92. The minimum atomic E-state index is -3.52. The van der Waals surface area contributed by atoms with Crippen LogP contribution in [0.15, 0.2) is 48.8 Å². The van der Waals surface area contributed by atoms with Crippen LogP contribution in [0.1, 0.15) is 31.4 Å². The average molecular weight is 460 g/mol. The average Bonchev–Trinajstić information content (AvgIpc) is 2.68. The van der Waals surface area contributed by atoms with Crippen molar-refractivity contribution in [3.63, 3.8) is 0 Å². The number of piperidine rings is 1. The standard InChI is InChI=1S/C20H25N3O3S.2ClH/c1-15(16-5-7-17(8-6-16)18-4-3-11-22-14-18)23-19(24)20(27(2,25)26)9-12-21-13-10-20;;/h3-8,11,14-15,21H,9-10,12-13H2,1-2H3,(H,23,24);2*1H. The van der Waals surface area contributed by atoms with Crippen LogP contribution in [0.3, 0.4) is 0 Å². The van der Waals surface area contributed by atoms with Crippen molar-refractivity contribution in [1.29, 1.82) is 0 Å². The molecule has 1 aromatic carbocycles. The van der Waals surface area contributed by atoms with Gasteiger partial charge in [0.2, 0.25) is 5.91 Å². The lowest BCUT2D eigenvalue weighted by atomic mass is 9.95. The van der Waals surface area contributed by atoms with Crippen LogP contribution in [0.25, 0.3) is 11.1 Å². The van der Waals surface area contributed by atoms with E-state index in [4.69, 9.17) is 0 Å². The number of rotatable bonds is 5. The van der Waals surface area contributed by atoms with E-state index in [1.54, 1.807) is 12.4 Å². The van der Waals surface area contributed by atoms with Crippen molar-refractivity contribution in [2.75, 3.05) is 19.3 Å². The molecule has 3 rings (SSSR count). The van der Waals surface area contributed by atoms with E-state index < -0.39 is 20.5 Å². The fourth-order valence-electron chi connectivity index (χ4n) is 3.51. The molecular formula is C20H27Cl2N3O3S. The largest absolute Gasteiger partial charge is 0.348 e. The predicted molar refractivity (Wildman–Crippen MR) is 120 cm³/mol. The number of carbonyl (C=O) groups is 1. The number of hydrogen-bond donors (Lipinski definition) is 2. The summed E-state index contributed by atoms with van der Waals surface area (Å²) in [7, 11) is -3.52. The van der Waals surface area contributed by atoms with Crippen molar-refractivity contribution < 1.29 is 13.2 Å². The Morgan fingerprint density at radius 3 is 2.24 bits per heavy atom. The van der Waals surface area contributed by atoms with Crippen molar-refractivity contribution in [2.45, 2.75) is 30.6 Å².